The molecular weight excluding hydrogens is 284 g/mol. The Bertz CT molecular complexity index is 807. The van der Waals surface area contributed by atoms with Gasteiger partial charge >= 0.3 is 0 Å². The molecule has 21 heavy (non-hydrogen) atoms. The van der Waals surface area contributed by atoms with E-state index >= 15 is 0 Å². The summed E-state index contributed by atoms with van der Waals surface area (Å²) in [6, 6.07) is 9.70. The Morgan fingerprint density at radius 1 is 1.29 bits per heavy atom. The Hall–Kier alpha value is -2.08. The first-order valence-electron chi connectivity index (χ1n) is 6.81. The van der Waals surface area contributed by atoms with E-state index in [1.807, 2.05) is 30.3 Å². The monoisotopic (exact) mass is 300 g/mol. The van der Waals surface area contributed by atoms with E-state index in [9.17, 15) is 4.79 Å². The van der Waals surface area contributed by atoms with Crippen LogP contribution >= 0.6 is 11.8 Å². The lowest BCUT2D eigenvalue weighted by molar-refractivity contribution is 0.747. The average Bonchev–Trinajstić information content (AvgIpc) is 2.90. The zero-order valence-electron chi connectivity index (χ0n) is 11.9. The maximum absolute atomic E-state index is 12.1. The predicted molar refractivity (Wildman–Crippen MR) is 85.0 cm³/mol. The lowest BCUT2D eigenvalue weighted by Gasteiger charge is -2.05. The van der Waals surface area contributed by atoms with Gasteiger partial charge in [-0.05, 0) is 18.1 Å². The van der Waals surface area contributed by atoms with Crippen molar-refractivity contribution in [1.29, 1.82) is 0 Å². The van der Waals surface area contributed by atoms with Crippen LogP contribution in [0.25, 0.3) is 16.7 Å². The van der Waals surface area contributed by atoms with E-state index in [1.54, 1.807) is 22.6 Å². The van der Waals surface area contributed by atoms with Crippen LogP contribution in [0.5, 0.6) is 0 Å². The number of benzene rings is 1. The van der Waals surface area contributed by atoms with Crippen LogP contribution < -0.4 is 5.56 Å². The third kappa shape index (κ3) is 2.85. The van der Waals surface area contributed by atoms with Gasteiger partial charge in [-0.1, -0.05) is 43.8 Å². The number of fused-ring (bicyclic) bond motifs is 1. The third-order valence-corrected chi connectivity index (χ3v) is 4.27. The second-order valence-corrected chi connectivity index (χ2v) is 6.21. The highest BCUT2D eigenvalue weighted by Gasteiger charge is 2.11. The number of aromatic amines is 1. The summed E-state index contributed by atoms with van der Waals surface area (Å²) in [5.41, 5.74) is 1.34. The molecule has 0 amide bonds. The number of hydrogen-bond donors (Lipinski definition) is 1. The Kier molecular flexibility index (Phi) is 3.79. The summed E-state index contributed by atoms with van der Waals surface area (Å²) in [6.07, 6.45) is 1.56. The maximum Gasteiger partial charge on any atom is 0.262 e. The summed E-state index contributed by atoms with van der Waals surface area (Å²) >= 11 is 1.56. The summed E-state index contributed by atoms with van der Waals surface area (Å²) in [5, 5.41) is 5.43. The maximum atomic E-state index is 12.1. The van der Waals surface area contributed by atoms with Gasteiger partial charge in [-0.3, -0.25) is 4.79 Å². The summed E-state index contributed by atoms with van der Waals surface area (Å²) in [6.45, 7) is 4.27. The Balaban J connectivity index is 2.09. The lowest BCUT2D eigenvalue weighted by atomic mass is 10.3. The summed E-state index contributed by atoms with van der Waals surface area (Å²) in [7, 11) is 0. The largest absolute Gasteiger partial charge is 0.301 e. The molecule has 0 saturated heterocycles. The molecule has 2 aromatic heterocycles. The zero-order valence-corrected chi connectivity index (χ0v) is 12.7. The first kappa shape index (κ1) is 13.9. The van der Waals surface area contributed by atoms with E-state index in [2.05, 4.69) is 28.9 Å². The van der Waals surface area contributed by atoms with Crippen LogP contribution in [-0.2, 0) is 0 Å². The highest BCUT2D eigenvalue weighted by molar-refractivity contribution is 7.99. The quantitative estimate of drug-likeness (QED) is 0.594. The number of thioether (sulfide) groups is 1. The minimum atomic E-state index is -0.145. The van der Waals surface area contributed by atoms with Crippen molar-refractivity contribution in [2.45, 2.75) is 19.0 Å². The van der Waals surface area contributed by atoms with Gasteiger partial charge in [-0.2, -0.15) is 5.10 Å². The van der Waals surface area contributed by atoms with Crippen molar-refractivity contribution in [1.82, 2.24) is 19.7 Å². The second kappa shape index (κ2) is 5.73. The van der Waals surface area contributed by atoms with E-state index in [-0.39, 0.29) is 5.56 Å². The molecule has 0 aliphatic carbocycles. The summed E-state index contributed by atoms with van der Waals surface area (Å²) in [5.74, 6) is 1.45. The number of para-hydroxylation sites is 1. The molecule has 6 heteroatoms. The highest BCUT2D eigenvalue weighted by atomic mass is 32.2. The summed E-state index contributed by atoms with van der Waals surface area (Å²) < 4.78 is 1.70. The molecule has 1 N–H and O–H groups in total. The van der Waals surface area contributed by atoms with Crippen LogP contribution in [0.2, 0.25) is 0 Å². The lowest BCUT2D eigenvalue weighted by Crippen LogP contribution is -2.10. The number of H-pyrrole nitrogens is 1. The van der Waals surface area contributed by atoms with Gasteiger partial charge in [0.05, 0.1) is 11.9 Å². The molecule has 0 saturated carbocycles. The number of rotatable bonds is 4. The van der Waals surface area contributed by atoms with Gasteiger partial charge in [0.1, 0.15) is 5.39 Å². The van der Waals surface area contributed by atoms with Gasteiger partial charge in [0.25, 0.3) is 5.56 Å². The van der Waals surface area contributed by atoms with E-state index in [0.717, 1.165) is 11.4 Å². The fourth-order valence-electron chi connectivity index (χ4n) is 1.97. The van der Waals surface area contributed by atoms with E-state index in [1.165, 1.54) is 0 Å². The highest BCUT2D eigenvalue weighted by Crippen LogP contribution is 2.19. The van der Waals surface area contributed by atoms with Crippen molar-refractivity contribution in [2.75, 3.05) is 5.75 Å². The standard InChI is InChI=1S/C15H16N4OS/c1-10(2)9-21-15-17-13-12(14(20)18-15)8-16-19(13)11-6-4-3-5-7-11/h3-8,10H,9H2,1-2H3,(H,17,18,20). The molecule has 0 atom stereocenters. The molecule has 0 bridgehead atoms. The first-order chi connectivity index (χ1) is 10.1. The van der Waals surface area contributed by atoms with E-state index < -0.39 is 0 Å². The number of nitrogens with one attached hydrogen (secondary N) is 1. The molecule has 0 aliphatic heterocycles. The van der Waals surface area contributed by atoms with Crippen molar-refractivity contribution in [3.05, 3.63) is 46.9 Å². The molecule has 5 nitrogen and oxygen atoms in total. The molecule has 1 aromatic carbocycles. The molecule has 3 aromatic rings. The summed E-state index contributed by atoms with van der Waals surface area (Å²) in [4.78, 5) is 19.5. The topological polar surface area (TPSA) is 63.6 Å². The van der Waals surface area contributed by atoms with Gasteiger partial charge in [-0.15, -0.1) is 0 Å². The second-order valence-electron chi connectivity index (χ2n) is 5.21. The molecule has 0 radical (unpaired) electrons. The van der Waals surface area contributed by atoms with Gasteiger partial charge in [-0.25, -0.2) is 9.67 Å². The molecule has 2 heterocycles. The fraction of sp³-hybridized carbons (Fsp3) is 0.267. The van der Waals surface area contributed by atoms with Crippen LogP contribution in [0.15, 0.2) is 46.5 Å². The molecule has 3 rings (SSSR count). The molecule has 0 spiro atoms. The number of nitrogens with zero attached hydrogens (tertiary/aromatic N) is 3. The predicted octanol–water partition coefficient (Wildman–Crippen LogP) is 2.86. The third-order valence-electron chi connectivity index (χ3n) is 2.97. The Morgan fingerprint density at radius 2 is 2.05 bits per heavy atom. The zero-order chi connectivity index (χ0) is 14.8. The van der Waals surface area contributed by atoms with Crippen LogP contribution in [0.4, 0.5) is 0 Å². The molecule has 0 aliphatic rings. The van der Waals surface area contributed by atoms with Crippen molar-refractivity contribution >= 4 is 22.8 Å². The van der Waals surface area contributed by atoms with Crippen molar-refractivity contribution in [2.24, 2.45) is 5.92 Å². The number of hydrogen-bond acceptors (Lipinski definition) is 4. The van der Waals surface area contributed by atoms with Gasteiger partial charge in [0.15, 0.2) is 10.8 Å². The van der Waals surface area contributed by atoms with Crippen LogP contribution in [0.1, 0.15) is 13.8 Å². The molecule has 0 fully saturated rings. The first-order valence-corrected chi connectivity index (χ1v) is 7.80. The minimum Gasteiger partial charge on any atom is -0.301 e. The average molecular weight is 300 g/mol. The van der Waals surface area contributed by atoms with Crippen molar-refractivity contribution in [3.63, 3.8) is 0 Å². The van der Waals surface area contributed by atoms with Gasteiger partial charge < -0.3 is 4.98 Å². The molecular formula is C15H16N4OS. The SMILES string of the molecule is CC(C)CSc1nc2c(cnn2-c2ccccc2)c(=O)[nH]1. The van der Waals surface area contributed by atoms with Crippen molar-refractivity contribution < 1.29 is 0 Å². The smallest absolute Gasteiger partial charge is 0.262 e. The van der Waals surface area contributed by atoms with Crippen LogP contribution in [-0.4, -0.2) is 25.5 Å². The normalized spacial score (nSPS) is 11.4. The number of aromatic nitrogens is 4. The Labute approximate surface area is 126 Å². The van der Waals surface area contributed by atoms with Gasteiger partial charge in [0, 0.05) is 5.75 Å². The van der Waals surface area contributed by atoms with E-state index in [0.29, 0.717) is 22.1 Å². The minimum absolute atomic E-state index is 0.145. The van der Waals surface area contributed by atoms with Gasteiger partial charge in [0.2, 0.25) is 0 Å². The van der Waals surface area contributed by atoms with Crippen LogP contribution in [0, 0.1) is 5.92 Å². The molecule has 0 unspecified atom stereocenters. The van der Waals surface area contributed by atoms with E-state index in [4.69, 9.17) is 0 Å². The molecule has 108 valence electrons. The van der Waals surface area contributed by atoms with Crippen molar-refractivity contribution in [3.8, 4) is 5.69 Å². The van der Waals surface area contributed by atoms with Crippen LogP contribution in [0.3, 0.4) is 0 Å². The fourth-order valence-corrected chi connectivity index (χ4v) is 2.78. The Morgan fingerprint density at radius 3 is 2.76 bits per heavy atom.